The number of hydrazine groups is 1. The van der Waals surface area contributed by atoms with Crippen molar-refractivity contribution in [3.8, 4) is 5.75 Å². The van der Waals surface area contributed by atoms with Crippen LogP contribution in [0.1, 0.15) is 50.3 Å². The molecule has 1 aromatic heterocycles. The molecule has 0 aliphatic carbocycles. The molecular weight excluding hydrogens is 388 g/mol. The highest BCUT2D eigenvalue weighted by Crippen LogP contribution is 2.26. The van der Waals surface area contributed by atoms with Crippen LogP contribution in [-0.2, 0) is 11.2 Å². The van der Waals surface area contributed by atoms with Crippen LogP contribution in [0.15, 0.2) is 48.7 Å². The third-order valence-electron chi connectivity index (χ3n) is 6.50. The van der Waals surface area contributed by atoms with Crippen molar-refractivity contribution in [1.82, 2.24) is 20.7 Å². The van der Waals surface area contributed by atoms with E-state index in [-0.39, 0.29) is 5.91 Å². The molecule has 6 heteroatoms. The Morgan fingerprint density at radius 2 is 2.03 bits per heavy atom. The van der Waals surface area contributed by atoms with E-state index in [1.807, 2.05) is 23.1 Å². The largest absolute Gasteiger partial charge is 0.494 e. The fourth-order valence-corrected chi connectivity index (χ4v) is 4.53. The van der Waals surface area contributed by atoms with Crippen molar-refractivity contribution < 1.29 is 9.53 Å². The Balaban J connectivity index is 1.17. The average Bonchev–Trinajstić information content (AvgIpc) is 3.45. The number of benzene rings is 1. The van der Waals surface area contributed by atoms with Crippen LogP contribution >= 0.6 is 0 Å². The average molecular weight is 423 g/mol. The number of carbonyl (C=O) groups excluding carboxylic acids is 1. The molecule has 166 valence electrons. The maximum Gasteiger partial charge on any atom is 0.228 e. The molecule has 0 saturated carbocycles. The zero-order valence-electron chi connectivity index (χ0n) is 18.6. The lowest BCUT2D eigenvalue weighted by Crippen LogP contribution is -2.39. The fourth-order valence-electron chi connectivity index (χ4n) is 4.53. The van der Waals surface area contributed by atoms with Gasteiger partial charge >= 0.3 is 0 Å². The molecule has 3 heterocycles. The van der Waals surface area contributed by atoms with Crippen LogP contribution in [0, 0.1) is 5.92 Å². The van der Waals surface area contributed by atoms with E-state index in [1.165, 1.54) is 5.56 Å². The van der Waals surface area contributed by atoms with Gasteiger partial charge in [0.05, 0.1) is 13.0 Å². The molecule has 3 unspecified atom stereocenters. The van der Waals surface area contributed by atoms with Crippen LogP contribution in [0.4, 0.5) is 0 Å². The van der Waals surface area contributed by atoms with Crippen molar-refractivity contribution in [1.29, 1.82) is 0 Å². The van der Waals surface area contributed by atoms with Crippen LogP contribution < -0.4 is 15.6 Å². The molecule has 4 rings (SSSR count). The Morgan fingerprint density at radius 3 is 2.77 bits per heavy atom. The Kier molecular flexibility index (Phi) is 7.20. The highest BCUT2D eigenvalue weighted by atomic mass is 16.5. The van der Waals surface area contributed by atoms with Crippen molar-refractivity contribution in [3.63, 3.8) is 0 Å². The van der Waals surface area contributed by atoms with E-state index < -0.39 is 0 Å². The summed E-state index contributed by atoms with van der Waals surface area (Å²) in [5.41, 5.74) is 9.08. The van der Waals surface area contributed by atoms with Gasteiger partial charge in [-0.2, -0.15) is 0 Å². The summed E-state index contributed by atoms with van der Waals surface area (Å²) in [6.45, 7) is 6.77. The number of nitrogens with one attached hydrogen (secondary N) is 2. The lowest BCUT2D eigenvalue weighted by molar-refractivity contribution is -0.129. The highest BCUT2D eigenvalue weighted by Gasteiger charge is 2.36. The number of aromatic nitrogens is 1. The van der Waals surface area contributed by atoms with Gasteiger partial charge in [-0.1, -0.05) is 32.0 Å². The maximum absolute atomic E-state index is 12.6. The number of nitrogens with zero attached hydrogens (tertiary/aromatic N) is 2. The second-order valence-corrected chi connectivity index (χ2v) is 9.08. The molecule has 6 nitrogen and oxygen atoms in total. The Bertz CT molecular complexity index is 840. The molecular formula is C25H34N4O2. The first-order valence-electron chi connectivity index (χ1n) is 11.5. The number of likely N-dealkylation sites (tertiary alicyclic amines) is 1. The second kappa shape index (κ2) is 10.2. The lowest BCUT2D eigenvalue weighted by Gasteiger charge is -2.20. The van der Waals surface area contributed by atoms with E-state index in [2.05, 4.69) is 53.9 Å². The topological polar surface area (TPSA) is 66.5 Å². The lowest BCUT2D eigenvalue weighted by atomic mass is 9.94. The van der Waals surface area contributed by atoms with Gasteiger partial charge in [0.1, 0.15) is 5.75 Å². The molecule has 1 aromatic carbocycles. The first kappa shape index (κ1) is 21.8. The van der Waals surface area contributed by atoms with E-state index in [4.69, 9.17) is 4.74 Å². The van der Waals surface area contributed by atoms with E-state index in [9.17, 15) is 4.79 Å². The summed E-state index contributed by atoms with van der Waals surface area (Å²) in [5.74, 6) is 2.15. The summed E-state index contributed by atoms with van der Waals surface area (Å²) in [6, 6.07) is 14.9. The number of rotatable bonds is 8. The van der Waals surface area contributed by atoms with Gasteiger partial charge in [0, 0.05) is 37.1 Å². The minimum Gasteiger partial charge on any atom is -0.494 e. The third-order valence-corrected chi connectivity index (χ3v) is 6.50. The molecule has 31 heavy (non-hydrogen) atoms. The Morgan fingerprint density at radius 1 is 1.19 bits per heavy atom. The Hall–Kier alpha value is -2.44. The molecule has 0 bridgehead atoms. The van der Waals surface area contributed by atoms with Gasteiger partial charge in [-0.25, -0.2) is 0 Å². The monoisotopic (exact) mass is 422 g/mol. The number of carbonyl (C=O) groups is 1. The summed E-state index contributed by atoms with van der Waals surface area (Å²) in [6.07, 6.45) is 5.22. The van der Waals surface area contributed by atoms with Gasteiger partial charge in [0.25, 0.3) is 0 Å². The molecule has 0 spiro atoms. The van der Waals surface area contributed by atoms with Crippen LogP contribution in [0.2, 0.25) is 0 Å². The van der Waals surface area contributed by atoms with Crippen molar-refractivity contribution in [2.75, 3.05) is 19.7 Å². The van der Waals surface area contributed by atoms with Crippen molar-refractivity contribution in [3.05, 3.63) is 59.9 Å². The van der Waals surface area contributed by atoms with Crippen LogP contribution in [0.3, 0.4) is 0 Å². The summed E-state index contributed by atoms with van der Waals surface area (Å²) < 4.78 is 5.94. The van der Waals surface area contributed by atoms with Crippen LogP contribution in [-0.4, -0.2) is 47.6 Å². The summed E-state index contributed by atoms with van der Waals surface area (Å²) in [7, 11) is 0. The highest BCUT2D eigenvalue weighted by molar-refractivity contribution is 5.78. The van der Waals surface area contributed by atoms with Gasteiger partial charge in [-0.05, 0) is 60.9 Å². The molecule has 3 atom stereocenters. The smallest absolute Gasteiger partial charge is 0.228 e. The van der Waals surface area contributed by atoms with Crippen molar-refractivity contribution in [2.24, 2.45) is 5.92 Å². The molecule has 2 fully saturated rings. The summed E-state index contributed by atoms with van der Waals surface area (Å²) in [4.78, 5) is 18.9. The SMILES string of the molecule is CC(C)c1ccc(OCCC2CC(C3CCN(C(=O)Cc4ccccn4)C3)NN2)cc1. The number of pyridine rings is 1. The second-order valence-electron chi connectivity index (χ2n) is 9.08. The van der Waals surface area contributed by atoms with Crippen LogP contribution in [0.25, 0.3) is 0 Å². The zero-order chi connectivity index (χ0) is 21.6. The number of hydrogen-bond donors (Lipinski definition) is 2. The first-order valence-corrected chi connectivity index (χ1v) is 11.5. The van der Waals surface area contributed by atoms with Gasteiger partial charge in [0.2, 0.25) is 5.91 Å². The van der Waals surface area contributed by atoms with E-state index in [0.29, 0.717) is 36.9 Å². The molecule has 0 radical (unpaired) electrons. The van der Waals surface area contributed by atoms with E-state index >= 15 is 0 Å². The predicted octanol–water partition coefficient (Wildman–Crippen LogP) is 3.30. The quantitative estimate of drug-likeness (QED) is 0.683. The fraction of sp³-hybridized carbons (Fsp3) is 0.520. The van der Waals surface area contributed by atoms with Gasteiger partial charge < -0.3 is 9.64 Å². The molecule has 2 N–H and O–H groups in total. The zero-order valence-corrected chi connectivity index (χ0v) is 18.6. The van der Waals surface area contributed by atoms with E-state index in [1.54, 1.807) is 6.20 Å². The first-order chi connectivity index (χ1) is 15.1. The summed E-state index contributed by atoms with van der Waals surface area (Å²) in [5, 5.41) is 0. The number of amides is 1. The van der Waals surface area contributed by atoms with Gasteiger partial charge in [-0.15, -0.1) is 0 Å². The van der Waals surface area contributed by atoms with E-state index in [0.717, 1.165) is 43.8 Å². The van der Waals surface area contributed by atoms with Gasteiger partial charge in [0.15, 0.2) is 0 Å². The minimum atomic E-state index is 0.181. The third kappa shape index (κ3) is 5.83. The van der Waals surface area contributed by atoms with Crippen LogP contribution in [0.5, 0.6) is 5.75 Å². The summed E-state index contributed by atoms with van der Waals surface area (Å²) >= 11 is 0. The molecule has 1 amide bonds. The molecule has 2 saturated heterocycles. The van der Waals surface area contributed by atoms with Crippen molar-refractivity contribution in [2.45, 2.75) is 57.5 Å². The number of ether oxygens (including phenoxy) is 1. The molecule has 2 aromatic rings. The standard InChI is InChI=1S/C25H34N4O2/c1-18(2)19-6-8-23(9-7-19)31-14-11-22-15-24(28-27-22)20-10-13-29(17-20)25(30)16-21-5-3-4-12-26-21/h3-9,12,18,20,22,24,27-28H,10-11,13-17H2,1-2H3. The van der Waals surface area contributed by atoms with Crippen molar-refractivity contribution >= 4 is 5.91 Å². The molecule has 2 aliphatic heterocycles. The maximum atomic E-state index is 12.6. The molecule has 2 aliphatic rings. The minimum absolute atomic E-state index is 0.181. The predicted molar refractivity (Wildman–Crippen MR) is 122 cm³/mol. The Labute approximate surface area is 185 Å². The number of hydrogen-bond acceptors (Lipinski definition) is 5. The normalized spacial score (nSPS) is 23.5. The van der Waals surface area contributed by atoms with Gasteiger partial charge in [-0.3, -0.25) is 20.6 Å².